The quantitative estimate of drug-likeness (QED) is 0.798. The predicted molar refractivity (Wildman–Crippen MR) is 96.1 cm³/mol. The van der Waals surface area contributed by atoms with Crippen molar-refractivity contribution in [3.63, 3.8) is 0 Å². The van der Waals surface area contributed by atoms with Crippen molar-refractivity contribution in [2.75, 3.05) is 0 Å². The van der Waals surface area contributed by atoms with Gasteiger partial charge in [-0.05, 0) is 61.9 Å². The number of nitrogens with zero attached hydrogens (tertiary/aromatic N) is 1. The molecule has 136 valence electrons. The van der Waals surface area contributed by atoms with Crippen LogP contribution in [0.25, 0.3) is 0 Å². The number of ether oxygens (including phenoxy) is 1. The highest BCUT2D eigenvalue weighted by Gasteiger charge is 2.37. The summed E-state index contributed by atoms with van der Waals surface area (Å²) in [7, 11) is 0. The molecule has 1 amide bonds. The van der Waals surface area contributed by atoms with E-state index in [0.717, 1.165) is 35.3 Å². The molecule has 1 unspecified atom stereocenters. The van der Waals surface area contributed by atoms with Crippen LogP contribution in [0.3, 0.4) is 0 Å². The van der Waals surface area contributed by atoms with Crippen LogP contribution in [0.15, 0.2) is 36.7 Å². The van der Waals surface area contributed by atoms with Gasteiger partial charge in [0.1, 0.15) is 18.4 Å². The number of rotatable bonds is 7. The Labute approximate surface area is 152 Å². The molecule has 2 N–H and O–H groups in total. The van der Waals surface area contributed by atoms with Crippen molar-refractivity contribution in [1.82, 2.24) is 10.3 Å². The fourth-order valence-corrected chi connectivity index (χ4v) is 2.98. The zero-order valence-corrected chi connectivity index (χ0v) is 14.9. The summed E-state index contributed by atoms with van der Waals surface area (Å²) in [6.45, 7) is 4.14. The Kier molecular flexibility index (Phi) is 5.21. The van der Waals surface area contributed by atoms with Gasteiger partial charge in [0.25, 0.3) is 5.91 Å². The van der Waals surface area contributed by atoms with Crippen LogP contribution in [0.4, 0.5) is 0 Å². The van der Waals surface area contributed by atoms with Gasteiger partial charge in [-0.3, -0.25) is 9.78 Å². The number of amides is 1. The molecular weight excluding hydrogens is 332 g/mol. The van der Waals surface area contributed by atoms with Crippen molar-refractivity contribution < 1.29 is 19.4 Å². The van der Waals surface area contributed by atoms with E-state index in [2.05, 4.69) is 10.3 Å². The maximum absolute atomic E-state index is 12.5. The van der Waals surface area contributed by atoms with E-state index in [-0.39, 0.29) is 11.8 Å². The summed E-state index contributed by atoms with van der Waals surface area (Å²) in [5, 5.41) is 11.9. The van der Waals surface area contributed by atoms with Gasteiger partial charge in [-0.1, -0.05) is 6.07 Å². The Morgan fingerprint density at radius 2 is 2.00 bits per heavy atom. The Hall–Kier alpha value is -2.89. The number of benzene rings is 1. The summed E-state index contributed by atoms with van der Waals surface area (Å²) in [4.78, 5) is 27.8. The number of aliphatic carboxylic acids is 1. The van der Waals surface area contributed by atoms with Gasteiger partial charge in [0.05, 0.1) is 0 Å². The number of aromatic nitrogens is 1. The van der Waals surface area contributed by atoms with Crippen LogP contribution in [0.1, 0.15) is 39.9 Å². The van der Waals surface area contributed by atoms with Crippen LogP contribution in [-0.2, 0) is 11.4 Å². The third-order valence-electron chi connectivity index (χ3n) is 4.47. The lowest BCUT2D eigenvalue weighted by molar-refractivity contribution is -0.139. The number of nitrogens with one attached hydrogen (secondary N) is 1. The number of carbonyl (C=O) groups excluding carboxylic acids is 1. The van der Waals surface area contributed by atoms with E-state index >= 15 is 0 Å². The van der Waals surface area contributed by atoms with Crippen molar-refractivity contribution in [3.8, 4) is 5.75 Å². The maximum atomic E-state index is 12.5. The fraction of sp³-hybridized carbons (Fsp3) is 0.350. The number of carboxylic acids is 1. The topological polar surface area (TPSA) is 88.5 Å². The molecule has 0 radical (unpaired) electrons. The van der Waals surface area contributed by atoms with Gasteiger partial charge in [-0.15, -0.1) is 0 Å². The van der Waals surface area contributed by atoms with Crippen molar-refractivity contribution in [1.29, 1.82) is 0 Å². The molecular formula is C20H22N2O4. The SMILES string of the molecule is Cc1cc(C(=O)NC(C(=O)O)C2CC2)cc(C)c1OCc1cccnc1. The van der Waals surface area contributed by atoms with Crippen LogP contribution in [-0.4, -0.2) is 28.0 Å². The van der Waals surface area contributed by atoms with E-state index < -0.39 is 12.0 Å². The monoisotopic (exact) mass is 354 g/mol. The normalized spacial score (nSPS) is 14.5. The number of hydrogen-bond acceptors (Lipinski definition) is 4. The molecule has 1 aromatic carbocycles. The lowest BCUT2D eigenvalue weighted by Crippen LogP contribution is -2.42. The van der Waals surface area contributed by atoms with Gasteiger partial charge >= 0.3 is 5.97 Å². The fourth-order valence-electron chi connectivity index (χ4n) is 2.98. The molecule has 1 aliphatic carbocycles. The molecule has 1 heterocycles. The largest absolute Gasteiger partial charge is 0.488 e. The first kappa shape index (κ1) is 17.9. The molecule has 0 spiro atoms. The predicted octanol–water partition coefficient (Wildman–Crippen LogP) is 2.87. The van der Waals surface area contributed by atoms with Crippen LogP contribution < -0.4 is 10.1 Å². The van der Waals surface area contributed by atoms with E-state index in [1.54, 1.807) is 24.5 Å². The van der Waals surface area contributed by atoms with E-state index in [9.17, 15) is 14.7 Å². The first-order valence-electron chi connectivity index (χ1n) is 8.62. The molecule has 2 aromatic rings. The minimum Gasteiger partial charge on any atom is -0.488 e. The highest BCUT2D eigenvalue weighted by molar-refractivity contribution is 5.97. The Bertz CT molecular complexity index is 793. The van der Waals surface area contributed by atoms with Gasteiger partial charge in [0.2, 0.25) is 0 Å². The molecule has 1 aliphatic rings. The highest BCUT2D eigenvalue weighted by Crippen LogP contribution is 2.33. The second kappa shape index (κ2) is 7.56. The van der Waals surface area contributed by atoms with E-state index in [1.165, 1.54) is 0 Å². The molecule has 26 heavy (non-hydrogen) atoms. The maximum Gasteiger partial charge on any atom is 0.326 e. The van der Waals surface area contributed by atoms with Gasteiger partial charge < -0.3 is 15.2 Å². The zero-order chi connectivity index (χ0) is 18.7. The average Bonchev–Trinajstić information content (AvgIpc) is 3.44. The summed E-state index contributed by atoms with van der Waals surface area (Å²) in [6.07, 6.45) is 5.14. The minimum atomic E-state index is -0.981. The molecule has 3 rings (SSSR count). The smallest absolute Gasteiger partial charge is 0.326 e. The minimum absolute atomic E-state index is 0.0423. The van der Waals surface area contributed by atoms with Crippen molar-refractivity contribution in [2.24, 2.45) is 5.92 Å². The number of carbonyl (C=O) groups is 2. The number of carboxylic acid groups (broad SMARTS) is 1. The zero-order valence-electron chi connectivity index (χ0n) is 14.9. The van der Waals surface area contributed by atoms with Crippen LogP contribution in [0.2, 0.25) is 0 Å². The summed E-state index contributed by atoms with van der Waals surface area (Å²) in [5.41, 5.74) is 3.07. The van der Waals surface area contributed by atoms with Crippen molar-refractivity contribution in [3.05, 3.63) is 58.9 Å². The average molecular weight is 354 g/mol. The van der Waals surface area contributed by atoms with Crippen LogP contribution in [0, 0.1) is 19.8 Å². The molecule has 1 atom stereocenters. The van der Waals surface area contributed by atoms with Crippen LogP contribution >= 0.6 is 0 Å². The van der Waals surface area contributed by atoms with Crippen LogP contribution in [0.5, 0.6) is 5.75 Å². The Morgan fingerprint density at radius 1 is 1.31 bits per heavy atom. The summed E-state index contributed by atoms with van der Waals surface area (Å²) in [6, 6.07) is 6.43. The standard InChI is InChI=1S/C20H22N2O4/c1-12-8-16(19(23)22-17(20(24)25)15-5-6-15)9-13(2)18(12)26-11-14-4-3-7-21-10-14/h3-4,7-10,15,17H,5-6,11H2,1-2H3,(H,22,23)(H,24,25). The van der Waals surface area contributed by atoms with Gasteiger partial charge in [-0.25, -0.2) is 4.79 Å². The lowest BCUT2D eigenvalue weighted by Gasteiger charge is -2.16. The van der Waals surface area contributed by atoms with Gasteiger partial charge in [0.15, 0.2) is 0 Å². The summed E-state index contributed by atoms with van der Waals surface area (Å²) >= 11 is 0. The van der Waals surface area contributed by atoms with Gasteiger partial charge in [0, 0.05) is 23.5 Å². The van der Waals surface area contributed by atoms with E-state index in [0.29, 0.717) is 12.2 Å². The third kappa shape index (κ3) is 4.20. The third-order valence-corrected chi connectivity index (χ3v) is 4.47. The van der Waals surface area contributed by atoms with Crippen molar-refractivity contribution >= 4 is 11.9 Å². The highest BCUT2D eigenvalue weighted by atomic mass is 16.5. The number of hydrogen-bond donors (Lipinski definition) is 2. The molecule has 0 bridgehead atoms. The second-order valence-corrected chi connectivity index (χ2v) is 6.72. The molecule has 1 saturated carbocycles. The molecule has 0 aliphatic heterocycles. The summed E-state index contributed by atoms with van der Waals surface area (Å²) < 4.78 is 5.89. The first-order chi connectivity index (χ1) is 12.5. The van der Waals surface area contributed by atoms with E-state index in [1.807, 2.05) is 26.0 Å². The summed E-state index contributed by atoms with van der Waals surface area (Å²) in [5.74, 6) is -0.580. The number of pyridine rings is 1. The first-order valence-corrected chi connectivity index (χ1v) is 8.62. The number of aryl methyl sites for hydroxylation is 2. The van der Waals surface area contributed by atoms with Crippen molar-refractivity contribution in [2.45, 2.75) is 39.3 Å². The second-order valence-electron chi connectivity index (χ2n) is 6.72. The molecule has 0 saturated heterocycles. The molecule has 6 heteroatoms. The Morgan fingerprint density at radius 3 is 2.54 bits per heavy atom. The Balaban J connectivity index is 1.71. The van der Waals surface area contributed by atoms with E-state index in [4.69, 9.17) is 4.74 Å². The molecule has 1 fully saturated rings. The molecule has 6 nitrogen and oxygen atoms in total. The lowest BCUT2D eigenvalue weighted by atomic mass is 10.0. The van der Waals surface area contributed by atoms with Gasteiger partial charge in [-0.2, -0.15) is 0 Å². The molecule has 1 aromatic heterocycles.